The van der Waals surface area contributed by atoms with Gasteiger partial charge in [0.2, 0.25) is 0 Å². The van der Waals surface area contributed by atoms with Gasteiger partial charge in [-0.2, -0.15) is 0 Å². The van der Waals surface area contributed by atoms with Gasteiger partial charge in [0.15, 0.2) is 0 Å². The average molecular weight is 367 g/mol. The number of fused-ring (bicyclic) bond motifs is 1. The first-order valence-corrected chi connectivity index (χ1v) is 8.27. The number of aryl methyl sites for hydroxylation is 1. The molecule has 1 aromatic carbocycles. The van der Waals surface area contributed by atoms with Crippen molar-refractivity contribution < 1.29 is 14.7 Å². The van der Waals surface area contributed by atoms with E-state index in [-0.39, 0.29) is 11.9 Å². The van der Waals surface area contributed by atoms with Gasteiger partial charge in [-0.3, -0.25) is 4.79 Å². The quantitative estimate of drug-likeness (QED) is 0.841. The minimum atomic E-state index is -0.760. The number of urea groups is 1. The fraction of sp³-hybridized carbons (Fsp3) is 0.500. The van der Waals surface area contributed by atoms with Crippen molar-refractivity contribution in [2.24, 2.45) is 11.3 Å². The van der Waals surface area contributed by atoms with Crippen LogP contribution in [-0.4, -0.2) is 35.1 Å². The van der Waals surface area contributed by atoms with E-state index in [9.17, 15) is 14.7 Å². The van der Waals surface area contributed by atoms with Gasteiger partial charge in [-0.1, -0.05) is 28.4 Å². The maximum atomic E-state index is 12.5. The van der Waals surface area contributed by atoms with Crippen molar-refractivity contribution >= 4 is 33.6 Å². The van der Waals surface area contributed by atoms with Crippen LogP contribution in [0.25, 0.3) is 0 Å². The number of carbonyl (C=O) groups is 2. The predicted octanol–water partition coefficient (Wildman–Crippen LogP) is 3.48. The van der Waals surface area contributed by atoms with Gasteiger partial charge < -0.3 is 15.3 Å². The van der Waals surface area contributed by atoms with Crippen LogP contribution in [0.5, 0.6) is 0 Å². The van der Waals surface area contributed by atoms with E-state index in [4.69, 9.17) is 0 Å². The molecule has 0 bridgehead atoms. The van der Waals surface area contributed by atoms with Crippen LogP contribution in [0.2, 0.25) is 0 Å². The number of aliphatic carboxylic acids is 1. The van der Waals surface area contributed by atoms with Crippen molar-refractivity contribution in [2.45, 2.75) is 26.2 Å². The summed E-state index contributed by atoms with van der Waals surface area (Å²) < 4.78 is 0.897. The lowest BCUT2D eigenvalue weighted by Gasteiger charge is -2.23. The number of carbonyl (C=O) groups excluding carboxylic acids is 1. The zero-order valence-electron chi connectivity index (χ0n) is 12.4. The molecule has 118 valence electrons. The Morgan fingerprint density at radius 2 is 2.23 bits per heavy atom. The number of benzene rings is 1. The lowest BCUT2D eigenvalue weighted by molar-refractivity contribution is -0.149. The van der Waals surface area contributed by atoms with Crippen molar-refractivity contribution in [3.63, 3.8) is 0 Å². The lowest BCUT2D eigenvalue weighted by atomic mass is 9.81. The summed E-state index contributed by atoms with van der Waals surface area (Å²) in [5, 5.41) is 12.5. The van der Waals surface area contributed by atoms with Crippen molar-refractivity contribution in [2.75, 3.05) is 18.4 Å². The SMILES string of the molecule is Cc1ccc(Br)cc1NC(=O)N1C[C@@H]2CCC[C@@]2(C(=O)O)C1. The van der Waals surface area contributed by atoms with Crippen LogP contribution in [-0.2, 0) is 4.79 Å². The molecule has 3 rings (SSSR count). The number of carboxylic acid groups (broad SMARTS) is 1. The van der Waals surface area contributed by atoms with Gasteiger partial charge in [-0.15, -0.1) is 0 Å². The molecule has 0 unspecified atom stereocenters. The molecule has 6 heteroatoms. The maximum absolute atomic E-state index is 12.5. The third-order valence-electron chi connectivity index (χ3n) is 5.03. The molecular weight excluding hydrogens is 348 g/mol. The van der Waals surface area contributed by atoms with Crippen molar-refractivity contribution in [1.82, 2.24) is 4.90 Å². The van der Waals surface area contributed by atoms with Crippen LogP contribution >= 0.6 is 15.9 Å². The highest BCUT2D eigenvalue weighted by atomic mass is 79.9. The summed E-state index contributed by atoms with van der Waals surface area (Å²) in [6.45, 7) is 2.77. The molecule has 5 nitrogen and oxygen atoms in total. The summed E-state index contributed by atoms with van der Waals surface area (Å²) in [6.07, 6.45) is 2.51. The van der Waals surface area contributed by atoms with Crippen molar-refractivity contribution in [3.05, 3.63) is 28.2 Å². The minimum Gasteiger partial charge on any atom is -0.481 e. The molecule has 2 amide bonds. The minimum absolute atomic E-state index is 0.0827. The molecule has 2 fully saturated rings. The van der Waals surface area contributed by atoms with E-state index in [1.54, 1.807) is 4.90 Å². The highest BCUT2D eigenvalue weighted by Gasteiger charge is 2.55. The summed E-state index contributed by atoms with van der Waals surface area (Å²) in [4.78, 5) is 25.8. The van der Waals surface area contributed by atoms with E-state index in [0.29, 0.717) is 19.5 Å². The van der Waals surface area contributed by atoms with Crippen molar-refractivity contribution in [3.8, 4) is 0 Å². The number of hydrogen-bond acceptors (Lipinski definition) is 2. The second-order valence-corrected chi connectivity index (χ2v) is 7.24. The van der Waals surface area contributed by atoms with Crippen molar-refractivity contribution in [1.29, 1.82) is 0 Å². The third-order valence-corrected chi connectivity index (χ3v) is 5.52. The zero-order valence-corrected chi connectivity index (χ0v) is 14.0. The van der Waals surface area contributed by atoms with Gasteiger partial charge >= 0.3 is 12.0 Å². The summed E-state index contributed by atoms with van der Waals surface area (Å²) in [5.74, 6) is -0.678. The average Bonchev–Trinajstić information content (AvgIpc) is 3.00. The number of nitrogens with zero attached hydrogens (tertiary/aromatic N) is 1. The Balaban J connectivity index is 1.75. The first kappa shape index (κ1) is 15.3. The molecule has 0 spiro atoms. The fourth-order valence-electron chi connectivity index (χ4n) is 3.72. The number of rotatable bonds is 2. The number of carboxylic acids is 1. The Bertz CT molecular complexity index is 634. The largest absolute Gasteiger partial charge is 0.481 e. The van der Waals surface area contributed by atoms with Gasteiger partial charge in [0.1, 0.15) is 0 Å². The Morgan fingerprint density at radius 3 is 2.91 bits per heavy atom. The van der Waals surface area contributed by atoms with E-state index in [1.807, 2.05) is 25.1 Å². The van der Waals surface area contributed by atoms with Crippen LogP contribution in [0.1, 0.15) is 24.8 Å². The highest BCUT2D eigenvalue weighted by Crippen LogP contribution is 2.48. The van der Waals surface area contributed by atoms with Crippen LogP contribution in [0.15, 0.2) is 22.7 Å². The Morgan fingerprint density at radius 1 is 1.45 bits per heavy atom. The zero-order chi connectivity index (χ0) is 15.9. The number of nitrogens with one attached hydrogen (secondary N) is 1. The standard InChI is InChI=1S/C16H19BrN2O3/c1-10-4-5-12(17)7-13(10)18-15(22)19-8-11-3-2-6-16(11,9-19)14(20)21/h4-5,7,11H,2-3,6,8-9H2,1H3,(H,18,22)(H,20,21)/t11-,16+/m0/s1. The van der Waals surface area contributed by atoms with Gasteiger partial charge in [0, 0.05) is 23.2 Å². The molecule has 1 saturated heterocycles. The molecule has 2 aliphatic rings. The lowest BCUT2D eigenvalue weighted by Crippen LogP contribution is -2.38. The van der Waals surface area contributed by atoms with E-state index < -0.39 is 11.4 Å². The topological polar surface area (TPSA) is 69.6 Å². The van der Waals surface area contributed by atoms with Crippen LogP contribution in [0, 0.1) is 18.3 Å². The molecule has 1 heterocycles. The van der Waals surface area contributed by atoms with Gasteiger partial charge in [-0.25, -0.2) is 4.79 Å². The van der Waals surface area contributed by atoms with Gasteiger partial charge in [-0.05, 0) is 43.4 Å². The molecular formula is C16H19BrN2O3. The Labute approximate surface area is 137 Å². The van der Waals surface area contributed by atoms with Gasteiger partial charge in [0.05, 0.1) is 5.41 Å². The first-order chi connectivity index (χ1) is 10.4. The van der Waals surface area contributed by atoms with Crippen LogP contribution in [0.3, 0.4) is 0 Å². The number of halogens is 1. The molecule has 2 N–H and O–H groups in total. The number of anilines is 1. The maximum Gasteiger partial charge on any atom is 0.321 e. The second kappa shape index (κ2) is 5.57. The molecule has 1 aliphatic carbocycles. The van der Waals surface area contributed by atoms with E-state index >= 15 is 0 Å². The molecule has 22 heavy (non-hydrogen) atoms. The second-order valence-electron chi connectivity index (χ2n) is 6.32. The summed E-state index contributed by atoms with van der Waals surface area (Å²) in [6, 6.07) is 5.50. The number of amides is 2. The predicted molar refractivity (Wildman–Crippen MR) is 86.9 cm³/mol. The summed E-state index contributed by atoms with van der Waals surface area (Å²) in [7, 11) is 0. The van der Waals surface area contributed by atoms with E-state index in [1.165, 1.54) is 0 Å². The summed E-state index contributed by atoms with van der Waals surface area (Å²) in [5.41, 5.74) is 0.994. The molecule has 2 atom stereocenters. The smallest absolute Gasteiger partial charge is 0.321 e. The monoisotopic (exact) mass is 366 g/mol. The Hall–Kier alpha value is -1.56. The third kappa shape index (κ3) is 2.49. The molecule has 1 aromatic rings. The summed E-state index contributed by atoms with van der Waals surface area (Å²) >= 11 is 3.39. The van der Waals surface area contributed by atoms with E-state index in [0.717, 1.165) is 28.6 Å². The normalized spacial score (nSPS) is 26.8. The first-order valence-electron chi connectivity index (χ1n) is 7.48. The van der Waals surface area contributed by atoms with Crippen LogP contribution < -0.4 is 5.32 Å². The highest BCUT2D eigenvalue weighted by molar-refractivity contribution is 9.10. The van der Waals surface area contributed by atoms with Crippen LogP contribution in [0.4, 0.5) is 10.5 Å². The Kier molecular flexibility index (Phi) is 3.89. The molecule has 1 saturated carbocycles. The van der Waals surface area contributed by atoms with Gasteiger partial charge in [0.25, 0.3) is 0 Å². The number of hydrogen-bond donors (Lipinski definition) is 2. The molecule has 0 radical (unpaired) electrons. The fourth-order valence-corrected chi connectivity index (χ4v) is 4.08. The molecule has 0 aromatic heterocycles. The van der Waals surface area contributed by atoms with E-state index in [2.05, 4.69) is 21.2 Å². The molecule has 1 aliphatic heterocycles. The number of likely N-dealkylation sites (tertiary alicyclic amines) is 1.